The predicted molar refractivity (Wildman–Crippen MR) is 133 cm³/mol. The normalized spacial score (nSPS) is 12.8. The third kappa shape index (κ3) is 21.9. The lowest BCUT2D eigenvalue weighted by Gasteiger charge is -2.12. The lowest BCUT2D eigenvalue weighted by Crippen LogP contribution is -2.13. The van der Waals surface area contributed by atoms with Crippen LogP contribution in [0.15, 0.2) is 12.2 Å². The molecule has 0 aromatic carbocycles. The summed E-state index contributed by atoms with van der Waals surface area (Å²) in [6.45, 7) is 6.83. The highest BCUT2D eigenvalue weighted by Gasteiger charge is 2.16. The Morgan fingerprint density at radius 1 is 0.633 bits per heavy atom. The molecule has 30 heavy (non-hydrogen) atoms. The third-order valence-corrected chi connectivity index (χ3v) is 6.25. The highest BCUT2D eigenvalue weighted by Crippen LogP contribution is 2.20. The maximum Gasteiger partial charge on any atom is 0.306 e. The van der Waals surface area contributed by atoms with E-state index in [-0.39, 0.29) is 5.92 Å². The second-order valence-electron chi connectivity index (χ2n) is 9.79. The molecule has 0 fully saturated rings. The van der Waals surface area contributed by atoms with Gasteiger partial charge in [0.25, 0.3) is 0 Å². The van der Waals surface area contributed by atoms with Crippen LogP contribution < -0.4 is 0 Å². The molecule has 1 unspecified atom stereocenters. The number of carboxylic acid groups (broad SMARTS) is 1. The number of carboxylic acids is 1. The van der Waals surface area contributed by atoms with Crippen LogP contribution in [0, 0.1) is 11.8 Å². The fourth-order valence-corrected chi connectivity index (χ4v) is 4.15. The zero-order valence-electron chi connectivity index (χ0n) is 20.8. The van der Waals surface area contributed by atoms with Gasteiger partial charge in [-0.05, 0) is 44.4 Å². The molecule has 178 valence electrons. The van der Waals surface area contributed by atoms with Crippen LogP contribution in [0.25, 0.3) is 0 Å². The molecule has 0 saturated heterocycles. The summed E-state index contributed by atoms with van der Waals surface area (Å²) in [5.41, 5.74) is 0. The molecule has 2 heteroatoms. The Morgan fingerprint density at radius 3 is 1.47 bits per heavy atom. The molecule has 0 rings (SSSR count). The van der Waals surface area contributed by atoms with Gasteiger partial charge in [0.2, 0.25) is 0 Å². The van der Waals surface area contributed by atoms with Crippen LogP contribution in [-0.2, 0) is 4.79 Å². The van der Waals surface area contributed by atoms with Crippen LogP contribution in [0.3, 0.4) is 0 Å². The van der Waals surface area contributed by atoms with Gasteiger partial charge in [0, 0.05) is 0 Å². The topological polar surface area (TPSA) is 37.3 Å². The van der Waals surface area contributed by atoms with E-state index < -0.39 is 5.97 Å². The van der Waals surface area contributed by atoms with E-state index in [0.29, 0.717) is 0 Å². The average Bonchev–Trinajstić information content (AvgIpc) is 2.71. The van der Waals surface area contributed by atoms with Crippen molar-refractivity contribution in [3.63, 3.8) is 0 Å². The van der Waals surface area contributed by atoms with E-state index in [9.17, 15) is 9.90 Å². The fraction of sp³-hybridized carbons (Fsp3) is 0.893. The molecule has 1 N–H and O–H groups in total. The van der Waals surface area contributed by atoms with Gasteiger partial charge in [0.1, 0.15) is 0 Å². The SMILES string of the molecule is CCCCCCCC/C=C\CCCCCCC(CCCCCCCC(C)C)C(=O)O. The van der Waals surface area contributed by atoms with E-state index in [2.05, 4.69) is 32.9 Å². The van der Waals surface area contributed by atoms with Crippen molar-refractivity contribution >= 4 is 5.97 Å². The van der Waals surface area contributed by atoms with E-state index in [1.807, 2.05) is 0 Å². The number of aliphatic carboxylic acids is 1. The highest BCUT2D eigenvalue weighted by molar-refractivity contribution is 5.69. The fourth-order valence-electron chi connectivity index (χ4n) is 4.15. The first-order valence-corrected chi connectivity index (χ1v) is 13.5. The van der Waals surface area contributed by atoms with Gasteiger partial charge in [-0.15, -0.1) is 0 Å². The number of allylic oxidation sites excluding steroid dienone is 2. The number of carbonyl (C=O) groups is 1. The molecular formula is C28H54O2. The third-order valence-electron chi connectivity index (χ3n) is 6.25. The second kappa shape index (κ2) is 22.9. The monoisotopic (exact) mass is 422 g/mol. The maximum atomic E-state index is 11.5. The Labute approximate surface area is 189 Å². The van der Waals surface area contributed by atoms with E-state index in [4.69, 9.17) is 0 Å². The van der Waals surface area contributed by atoms with Crippen molar-refractivity contribution in [2.45, 2.75) is 149 Å². The van der Waals surface area contributed by atoms with Gasteiger partial charge in [-0.2, -0.15) is 0 Å². The number of hydrogen-bond acceptors (Lipinski definition) is 1. The van der Waals surface area contributed by atoms with Crippen molar-refractivity contribution in [1.82, 2.24) is 0 Å². The van der Waals surface area contributed by atoms with Crippen molar-refractivity contribution < 1.29 is 9.90 Å². The molecule has 0 bridgehead atoms. The predicted octanol–water partition coefficient (Wildman–Crippen LogP) is 9.72. The average molecular weight is 423 g/mol. The molecule has 0 amide bonds. The lowest BCUT2D eigenvalue weighted by molar-refractivity contribution is -0.142. The van der Waals surface area contributed by atoms with Crippen molar-refractivity contribution in [3.05, 3.63) is 12.2 Å². The smallest absolute Gasteiger partial charge is 0.306 e. The molecule has 0 radical (unpaired) electrons. The molecule has 0 saturated carbocycles. The number of hydrogen-bond donors (Lipinski definition) is 1. The van der Waals surface area contributed by atoms with Gasteiger partial charge >= 0.3 is 5.97 Å². The number of rotatable bonds is 23. The molecule has 2 nitrogen and oxygen atoms in total. The molecule has 0 heterocycles. The molecular weight excluding hydrogens is 368 g/mol. The molecule has 0 aliphatic heterocycles. The Morgan fingerprint density at radius 2 is 1.03 bits per heavy atom. The van der Waals surface area contributed by atoms with Crippen molar-refractivity contribution in [2.24, 2.45) is 11.8 Å². The quantitative estimate of drug-likeness (QED) is 0.131. The summed E-state index contributed by atoms with van der Waals surface area (Å²) in [4.78, 5) is 11.5. The molecule has 0 aromatic heterocycles. The Bertz CT molecular complexity index is 386. The summed E-state index contributed by atoms with van der Waals surface area (Å²) in [7, 11) is 0. The second-order valence-corrected chi connectivity index (χ2v) is 9.79. The van der Waals surface area contributed by atoms with Gasteiger partial charge in [-0.1, -0.05) is 123 Å². The van der Waals surface area contributed by atoms with Crippen molar-refractivity contribution in [2.75, 3.05) is 0 Å². The van der Waals surface area contributed by atoms with Gasteiger partial charge in [-0.3, -0.25) is 4.79 Å². The summed E-state index contributed by atoms with van der Waals surface area (Å²) in [5, 5.41) is 9.47. The minimum atomic E-state index is -0.576. The zero-order chi connectivity index (χ0) is 22.3. The van der Waals surface area contributed by atoms with Crippen LogP contribution in [-0.4, -0.2) is 11.1 Å². The first-order valence-electron chi connectivity index (χ1n) is 13.5. The minimum absolute atomic E-state index is 0.113. The highest BCUT2D eigenvalue weighted by atomic mass is 16.4. The Hall–Kier alpha value is -0.790. The van der Waals surface area contributed by atoms with E-state index in [1.165, 1.54) is 103 Å². The minimum Gasteiger partial charge on any atom is -0.481 e. The maximum absolute atomic E-state index is 11.5. The molecule has 0 aliphatic carbocycles. The van der Waals surface area contributed by atoms with E-state index in [0.717, 1.165) is 31.6 Å². The Balaban J connectivity index is 3.50. The molecule has 1 atom stereocenters. The summed E-state index contributed by atoms with van der Waals surface area (Å²) >= 11 is 0. The van der Waals surface area contributed by atoms with Crippen LogP contribution in [0.2, 0.25) is 0 Å². The van der Waals surface area contributed by atoms with Crippen molar-refractivity contribution in [3.8, 4) is 0 Å². The first-order chi connectivity index (χ1) is 14.6. The van der Waals surface area contributed by atoms with Gasteiger partial charge < -0.3 is 5.11 Å². The van der Waals surface area contributed by atoms with Gasteiger partial charge in [0.05, 0.1) is 5.92 Å². The van der Waals surface area contributed by atoms with Crippen LogP contribution in [0.4, 0.5) is 0 Å². The van der Waals surface area contributed by atoms with E-state index >= 15 is 0 Å². The summed E-state index contributed by atoms with van der Waals surface area (Å²) in [6, 6.07) is 0. The summed E-state index contributed by atoms with van der Waals surface area (Å²) in [6.07, 6.45) is 29.4. The van der Waals surface area contributed by atoms with Crippen molar-refractivity contribution in [1.29, 1.82) is 0 Å². The molecule has 0 aliphatic rings. The van der Waals surface area contributed by atoms with Gasteiger partial charge in [-0.25, -0.2) is 0 Å². The lowest BCUT2D eigenvalue weighted by atomic mass is 9.94. The summed E-state index contributed by atoms with van der Waals surface area (Å²) < 4.78 is 0. The molecule has 0 aromatic rings. The number of unbranched alkanes of at least 4 members (excludes halogenated alkanes) is 14. The Kier molecular flexibility index (Phi) is 22.3. The largest absolute Gasteiger partial charge is 0.481 e. The first kappa shape index (κ1) is 29.2. The van der Waals surface area contributed by atoms with E-state index in [1.54, 1.807) is 0 Å². The van der Waals surface area contributed by atoms with Crippen LogP contribution in [0.1, 0.15) is 149 Å². The summed E-state index contributed by atoms with van der Waals surface area (Å²) in [5.74, 6) is 0.118. The zero-order valence-corrected chi connectivity index (χ0v) is 20.8. The van der Waals surface area contributed by atoms with Crippen LogP contribution >= 0.6 is 0 Å². The van der Waals surface area contributed by atoms with Crippen LogP contribution in [0.5, 0.6) is 0 Å². The molecule has 0 spiro atoms. The standard InChI is InChI=1S/C28H54O2/c1-4-5-6-7-8-9-10-11-12-13-14-15-18-21-24-27(28(29)30)25-22-19-16-17-20-23-26(2)3/h11-12,26-27H,4-10,13-25H2,1-3H3,(H,29,30)/b12-11-. The van der Waals surface area contributed by atoms with Gasteiger partial charge in [0.15, 0.2) is 0 Å².